The molecule has 1 atom stereocenters. The van der Waals surface area contributed by atoms with Gasteiger partial charge < -0.3 is 9.74 Å². The van der Waals surface area contributed by atoms with Crippen molar-refractivity contribution < 1.29 is 9.63 Å². The summed E-state index contributed by atoms with van der Waals surface area (Å²) in [6.45, 7) is 1.11. The lowest BCUT2D eigenvalue weighted by molar-refractivity contribution is -0.128. The van der Waals surface area contributed by atoms with Gasteiger partial charge in [0.25, 0.3) is 5.91 Å². The van der Waals surface area contributed by atoms with Gasteiger partial charge in [0.05, 0.1) is 23.9 Å². The molecule has 1 N–H and O–H groups in total. The first kappa shape index (κ1) is 16.1. The van der Waals surface area contributed by atoms with E-state index < -0.39 is 0 Å². The van der Waals surface area contributed by atoms with Crippen LogP contribution < -0.4 is 5.48 Å². The number of likely N-dealkylation sites (tertiary alicyclic amines) is 1. The molecule has 0 spiro atoms. The molecule has 1 fully saturated rings. The Kier molecular flexibility index (Phi) is 4.42. The Bertz CT molecular complexity index is 822. The number of rotatable bonds is 3. The van der Waals surface area contributed by atoms with E-state index >= 15 is 0 Å². The third kappa shape index (κ3) is 3.13. The van der Waals surface area contributed by atoms with E-state index in [0.717, 1.165) is 30.6 Å². The monoisotopic (exact) mass is 355 g/mol. The van der Waals surface area contributed by atoms with Gasteiger partial charge in [-0.15, -0.1) is 0 Å². The fraction of sp³-hybridized carbons (Fsp3) is 0.263. The number of nitrogens with zero attached hydrogens (tertiary/aromatic N) is 2. The number of halogens is 1. The van der Waals surface area contributed by atoms with Crippen LogP contribution in [0, 0.1) is 0 Å². The first-order chi connectivity index (χ1) is 12.2. The maximum atomic E-state index is 13.2. The fourth-order valence-electron chi connectivity index (χ4n) is 3.42. The van der Waals surface area contributed by atoms with Crippen LogP contribution in [-0.2, 0) is 9.63 Å². The minimum absolute atomic E-state index is 0.00636. The molecule has 1 aromatic carbocycles. The number of pyridine rings is 1. The van der Waals surface area contributed by atoms with E-state index in [4.69, 9.17) is 16.4 Å². The van der Waals surface area contributed by atoms with Crippen LogP contribution in [0.15, 0.2) is 54.2 Å². The average Bonchev–Trinajstić information content (AvgIpc) is 3.31. The van der Waals surface area contributed by atoms with Crippen molar-refractivity contribution in [2.45, 2.75) is 18.9 Å². The molecule has 2 aliphatic heterocycles. The number of carbonyl (C=O) groups is 1. The second kappa shape index (κ2) is 6.86. The number of nitrogens with one attached hydrogen (secondary N) is 1. The molecule has 2 aliphatic rings. The molecule has 4 rings (SSSR count). The second-order valence-electron chi connectivity index (χ2n) is 6.15. The van der Waals surface area contributed by atoms with Gasteiger partial charge in [-0.05, 0) is 37.1 Å². The van der Waals surface area contributed by atoms with Gasteiger partial charge >= 0.3 is 0 Å². The van der Waals surface area contributed by atoms with Gasteiger partial charge in [0.2, 0.25) is 0 Å². The lowest BCUT2D eigenvalue weighted by Crippen LogP contribution is -2.33. The summed E-state index contributed by atoms with van der Waals surface area (Å²) in [4.78, 5) is 25.1. The van der Waals surface area contributed by atoms with Crippen molar-refractivity contribution in [3.05, 3.63) is 70.5 Å². The zero-order valence-corrected chi connectivity index (χ0v) is 14.4. The smallest absolute Gasteiger partial charge is 0.255 e. The van der Waals surface area contributed by atoms with Gasteiger partial charge in [0.15, 0.2) is 5.76 Å². The summed E-state index contributed by atoms with van der Waals surface area (Å²) in [6.07, 6.45) is 3.67. The van der Waals surface area contributed by atoms with Gasteiger partial charge in [-0.25, -0.2) is 0 Å². The molecule has 3 heterocycles. The van der Waals surface area contributed by atoms with Crippen molar-refractivity contribution in [1.82, 2.24) is 15.4 Å². The van der Waals surface area contributed by atoms with Crippen LogP contribution in [0.25, 0.3) is 5.76 Å². The number of aromatic nitrogens is 1. The van der Waals surface area contributed by atoms with Crippen molar-refractivity contribution in [3.8, 4) is 0 Å². The normalized spacial score (nSPS) is 20.0. The van der Waals surface area contributed by atoms with Crippen LogP contribution in [0.1, 0.15) is 30.1 Å². The van der Waals surface area contributed by atoms with Crippen LogP contribution in [0.3, 0.4) is 0 Å². The average molecular weight is 356 g/mol. The Hall–Kier alpha value is -2.37. The summed E-state index contributed by atoms with van der Waals surface area (Å²) in [7, 11) is 0. The molecule has 0 aliphatic carbocycles. The molecule has 2 aromatic rings. The number of amides is 1. The van der Waals surface area contributed by atoms with Crippen LogP contribution in [0.4, 0.5) is 0 Å². The van der Waals surface area contributed by atoms with Crippen molar-refractivity contribution >= 4 is 23.3 Å². The highest BCUT2D eigenvalue weighted by atomic mass is 35.5. The van der Waals surface area contributed by atoms with Crippen LogP contribution >= 0.6 is 11.6 Å². The summed E-state index contributed by atoms with van der Waals surface area (Å²) < 4.78 is 0. The maximum absolute atomic E-state index is 13.2. The Morgan fingerprint density at radius 1 is 1.28 bits per heavy atom. The van der Waals surface area contributed by atoms with E-state index in [-0.39, 0.29) is 11.9 Å². The lowest BCUT2D eigenvalue weighted by atomic mass is 10.1. The van der Waals surface area contributed by atoms with Gasteiger partial charge in [-0.3, -0.25) is 9.78 Å². The van der Waals surface area contributed by atoms with E-state index in [2.05, 4.69) is 10.5 Å². The predicted octanol–water partition coefficient (Wildman–Crippen LogP) is 3.34. The van der Waals surface area contributed by atoms with Gasteiger partial charge in [-0.1, -0.05) is 29.8 Å². The summed E-state index contributed by atoms with van der Waals surface area (Å²) in [6, 6.07) is 13.2. The highest BCUT2D eigenvalue weighted by Crippen LogP contribution is 2.34. The summed E-state index contributed by atoms with van der Waals surface area (Å²) in [5.41, 5.74) is 5.18. The lowest BCUT2D eigenvalue weighted by Gasteiger charge is -2.24. The molecule has 5 nitrogen and oxygen atoms in total. The van der Waals surface area contributed by atoms with Crippen LogP contribution in [-0.4, -0.2) is 28.9 Å². The third-order valence-corrected chi connectivity index (χ3v) is 4.82. The van der Waals surface area contributed by atoms with Crippen molar-refractivity contribution in [2.24, 2.45) is 0 Å². The summed E-state index contributed by atoms with van der Waals surface area (Å²) >= 11 is 6.08. The fourth-order valence-corrected chi connectivity index (χ4v) is 3.61. The Labute approximate surface area is 151 Å². The zero-order valence-electron chi connectivity index (χ0n) is 13.6. The predicted molar refractivity (Wildman–Crippen MR) is 95.4 cm³/mol. The minimum atomic E-state index is -0.00636. The van der Waals surface area contributed by atoms with Gasteiger partial charge in [0, 0.05) is 23.3 Å². The van der Waals surface area contributed by atoms with Gasteiger partial charge in [0.1, 0.15) is 0 Å². The van der Waals surface area contributed by atoms with Crippen LogP contribution in [0.5, 0.6) is 0 Å². The highest BCUT2D eigenvalue weighted by Gasteiger charge is 2.35. The first-order valence-electron chi connectivity index (χ1n) is 8.35. The molecule has 0 bridgehead atoms. The molecule has 1 unspecified atom stereocenters. The Morgan fingerprint density at radius 2 is 2.20 bits per heavy atom. The van der Waals surface area contributed by atoms with Crippen molar-refractivity contribution in [1.29, 1.82) is 0 Å². The largest absolute Gasteiger partial charge is 0.407 e. The SMILES string of the molecule is O=C(C1=C(c2cccc(Cl)c2)ONC1)N1CCCC1c1ccccn1. The second-order valence-corrected chi connectivity index (χ2v) is 6.59. The molecule has 6 heteroatoms. The molecular weight excluding hydrogens is 338 g/mol. The van der Waals surface area contributed by atoms with E-state index in [1.807, 2.05) is 35.2 Å². The van der Waals surface area contributed by atoms with E-state index in [1.165, 1.54) is 0 Å². The molecule has 1 aromatic heterocycles. The quantitative estimate of drug-likeness (QED) is 0.917. The molecule has 0 radical (unpaired) electrons. The van der Waals surface area contributed by atoms with Crippen LogP contribution in [0.2, 0.25) is 5.02 Å². The van der Waals surface area contributed by atoms with E-state index in [1.54, 1.807) is 18.3 Å². The van der Waals surface area contributed by atoms with Crippen molar-refractivity contribution in [2.75, 3.05) is 13.1 Å². The molecule has 25 heavy (non-hydrogen) atoms. The number of hydrogen-bond acceptors (Lipinski definition) is 4. The number of benzene rings is 1. The third-order valence-electron chi connectivity index (χ3n) is 4.59. The standard InChI is InChI=1S/C19H18ClN3O2/c20-14-6-3-5-13(11-14)18-15(12-22-25-18)19(24)23-10-4-8-17(23)16-7-1-2-9-21-16/h1-3,5-7,9,11,17,22H,4,8,10,12H2. The number of hydroxylamine groups is 1. The summed E-state index contributed by atoms with van der Waals surface area (Å²) in [5, 5.41) is 0.611. The van der Waals surface area contributed by atoms with E-state index in [9.17, 15) is 4.79 Å². The molecule has 1 saturated heterocycles. The highest BCUT2D eigenvalue weighted by molar-refractivity contribution is 6.30. The molecular formula is C19H18ClN3O2. The summed E-state index contributed by atoms with van der Waals surface area (Å²) in [5.74, 6) is 0.548. The van der Waals surface area contributed by atoms with Gasteiger partial charge in [-0.2, -0.15) is 5.48 Å². The molecule has 1 amide bonds. The Balaban J connectivity index is 1.66. The Morgan fingerprint density at radius 3 is 3.00 bits per heavy atom. The van der Waals surface area contributed by atoms with E-state index in [0.29, 0.717) is 22.9 Å². The number of carbonyl (C=O) groups excluding carboxylic acids is 1. The topological polar surface area (TPSA) is 54.5 Å². The first-order valence-corrected chi connectivity index (χ1v) is 8.72. The zero-order chi connectivity index (χ0) is 17.2. The molecule has 128 valence electrons. The minimum Gasteiger partial charge on any atom is -0.407 e. The molecule has 0 saturated carbocycles. The van der Waals surface area contributed by atoms with Crippen molar-refractivity contribution in [3.63, 3.8) is 0 Å². The maximum Gasteiger partial charge on any atom is 0.255 e. The number of hydrogen-bond donors (Lipinski definition) is 1.